The number of piperazine rings is 1. The summed E-state index contributed by atoms with van der Waals surface area (Å²) in [5, 5.41) is 24.8. The van der Waals surface area contributed by atoms with Gasteiger partial charge >= 0.3 is 11.9 Å². The fourth-order valence-electron chi connectivity index (χ4n) is 8.49. The summed E-state index contributed by atoms with van der Waals surface area (Å²) in [4.78, 5) is 55.7. The van der Waals surface area contributed by atoms with Gasteiger partial charge in [-0.3, -0.25) is 19.3 Å². The molecule has 49 heavy (non-hydrogen) atoms. The molecule has 2 N–H and O–H groups in total. The van der Waals surface area contributed by atoms with Crippen LogP contribution in [0, 0.1) is 25.2 Å². The Bertz CT molecular complexity index is 1860. The fraction of sp³-hybridized carbons (Fsp3) is 0.500. The second kappa shape index (κ2) is 12.0. The number of nitriles is 1. The minimum absolute atomic E-state index is 0.0357. The number of hydrogen-bond donors (Lipinski definition) is 2. The second-order valence-electron chi connectivity index (χ2n) is 12.9. The SMILES string of the molecule is COc1c(C)cc2c(c1O)[C@@H]1C3[C@@H]4SCC(NC(C)=O)C(=O)OC[C@@H](c5c6c(c(C)c(OC(C)=O)c54)OCO6)N3[C@@H](C#N)[C@H](C2)N1C(C)=O. The number of amides is 2. The molecule has 15 heteroatoms. The molecule has 5 aliphatic rings. The predicted octanol–water partition coefficient (Wildman–Crippen LogP) is 2.65. The fourth-order valence-corrected chi connectivity index (χ4v) is 9.99. The van der Waals surface area contributed by atoms with Gasteiger partial charge in [-0.1, -0.05) is 6.07 Å². The largest absolute Gasteiger partial charge is 0.504 e. The molecule has 0 saturated carbocycles. The first-order valence-electron chi connectivity index (χ1n) is 15.9. The molecule has 0 spiro atoms. The summed E-state index contributed by atoms with van der Waals surface area (Å²) >= 11 is 1.29. The lowest BCUT2D eigenvalue weighted by molar-refractivity contribution is -0.157. The van der Waals surface area contributed by atoms with Gasteiger partial charge in [0.25, 0.3) is 0 Å². The zero-order valence-electron chi connectivity index (χ0n) is 27.8. The number of rotatable bonds is 3. The zero-order chi connectivity index (χ0) is 35.0. The summed E-state index contributed by atoms with van der Waals surface area (Å²) in [6, 6.07) is -0.549. The molecule has 2 aromatic rings. The van der Waals surface area contributed by atoms with Crippen molar-refractivity contribution in [3.63, 3.8) is 0 Å². The van der Waals surface area contributed by atoms with Crippen LogP contribution in [0.25, 0.3) is 0 Å². The minimum Gasteiger partial charge on any atom is -0.504 e. The third kappa shape index (κ3) is 4.86. The van der Waals surface area contributed by atoms with Crippen molar-refractivity contribution in [2.45, 2.75) is 82.5 Å². The van der Waals surface area contributed by atoms with Crippen molar-refractivity contribution in [1.29, 1.82) is 5.26 Å². The Balaban J connectivity index is 1.57. The summed E-state index contributed by atoms with van der Waals surface area (Å²) in [7, 11) is 1.46. The molecule has 0 aromatic heterocycles. The highest BCUT2D eigenvalue weighted by Gasteiger charge is 2.62. The van der Waals surface area contributed by atoms with Gasteiger partial charge in [-0.2, -0.15) is 5.26 Å². The molecule has 5 aliphatic heterocycles. The van der Waals surface area contributed by atoms with Gasteiger partial charge < -0.3 is 39.0 Å². The lowest BCUT2D eigenvalue weighted by Crippen LogP contribution is -2.70. The third-order valence-electron chi connectivity index (χ3n) is 10.1. The number of carbonyl (C=O) groups is 4. The maximum atomic E-state index is 13.7. The Morgan fingerprint density at radius 1 is 1.08 bits per heavy atom. The van der Waals surface area contributed by atoms with Crippen molar-refractivity contribution < 1.29 is 48.0 Å². The van der Waals surface area contributed by atoms with Crippen molar-refractivity contribution in [3.05, 3.63) is 39.4 Å². The summed E-state index contributed by atoms with van der Waals surface area (Å²) in [6.45, 7) is 7.26. The van der Waals surface area contributed by atoms with Crippen LogP contribution in [0.1, 0.15) is 71.5 Å². The van der Waals surface area contributed by atoms with Gasteiger partial charge in [0.1, 0.15) is 24.4 Å². The number of cyclic esters (lactones) is 1. The Morgan fingerprint density at radius 2 is 1.82 bits per heavy atom. The first kappa shape index (κ1) is 32.8. The van der Waals surface area contributed by atoms with Gasteiger partial charge in [-0.05, 0) is 31.4 Å². The van der Waals surface area contributed by atoms with Gasteiger partial charge in [0.05, 0.1) is 42.6 Å². The third-order valence-corrected chi connectivity index (χ3v) is 11.5. The van der Waals surface area contributed by atoms with Crippen molar-refractivity contribution in [2.24, 2.45) is 0 Å². The van der Waals surface area contributed by atoms with Crippen LogP contribution in [-0.2, 0) is 30.3 Å². The quantitative estimate of drug-likeness (QED) is 0.355. The van der Waals surface area contributed by atoms with Crippen LogP contribution in [0.4, 0.5) is 0 Å². The maximum Gasteiger partial charge on any atom is 0.329 e. The van der Waals surface area contributed by atoms with E-state index < -0.39 is 59.3 Å². The van der Waals surface area contributed by atoms with E-state index in [-0.39, 0.29) is 48.7 Å². The molecule has 7 rings (SSSR count). The van der Waals surface area contributed by atoms with E-state index in [0.29, 0.717) is 39.3 Å². The number of nitrogens with zero attached hydrogens (tertiary/aromatic N) is 3. The van der Waals surface area contributed by atoms with Crippen molar-refractivity contribution in [1.82, 2.24) is 15.1 Å². The number of phenolic OH excluding ortho intramolecular Hbond substituents is 1. The number of ether oxygens (including phenoxy) is 5. The van der Waals surface area contributed by atoms with E-state index in [4.69, 9.17) is 23.7 Å². The second-order valence-corrected chi connectivity index (χ2v) is 14.1. The van der Waals surface area contributed by atoms with E-state index in [1.54, 1.807) is 11.8 Å². The smallest absolute Gasteiger partial charge is 0.329 e. The Labute approximate surface area is 286 Å². The van der Waals surface area contributed by atoms with Gasteiger partial charge in [0.2, 0.25) is 18.6 Å². The molecular formula is C34H36N4O10S. The van der Waals surface area contributed by atoms with Gasteiger partial charge in [0.15, 0.2) is 23.0 Å². The monoisotopic (exact) mass is 692 g/mol. The maximum absolute atomic E-state index is 13.7. The van der Waals surface area contributed by atoms with E-state index >= 15 is 0 Å². The molecule has 5 heterocycles. The molecule has 0 radical (unpaired) electrons. The number of aryl methyl sites for hydroxylation is 1. The zero-order valence-corrected chi connectivity index (χ0v) is 28.6. The number of methoxy groups -OCH3 is 1. The van der Waals surface area contributed by atoms with Crippen LogP contribution in [0.15, 0.2) is 6.07 Å². The lowest BCUT2D eigenvalue weighted by Gasteiger charge is -2.62. The number of benzene rings is 2. The molecule has 4 bridgehead atoms. The standard InChI is InChI=1S/C34H36N4O10S/c1-13-7-18-8-20-21(9-35)38-22-10-45-34(43)19(36-15(3)39)11-49-33(27(38)26(37(20)16(4)40)23(18)28(42)29(13)44-6)25-24(22)32-31(46-12-47-32)14(2)30(25)48-17(5)41/h7,19-22,26-27,33,42H,8,10-12H2,1-6H3,(H,36,39)/t19?,20-,21-,22-,26+,27?,33+/m0/s1. The number of aromatic hydroxyl groups is 1. The van der Waals surface area contributed by atoms with E-state index in [0.717, 1.165) is 5.56 Å². The summed E-state index contributed by atoms with van der Waals surface area (Å²) in [5.74, 6) is -0.727. The number of carbonyl (C=O) groups excluding carboxylic acids is 4. The molecular weight excluding hydrogens is 656 g/mol. The summed E-state index contributed by atoms with van der Waals surface area (Å²) in [5.41, 5.74) is 3.62. The predicted molar refractivity (Wildman–Crippen MR) is 172 cm³/mol. The molecule has 14 nitrogen and oxygen atoms in total. The molecule has 7 atom stereocenters. The summed E-state index contributed by atoms with van der Waals surface area (Å²) < 4.78 is 29.5. The van der Waals surface area contributed by atoms with Gasteiger partial charge in [-0.25, -0.2) is 4.79 Å². The highest BCUT2D eigenvalue weighted by atomic mass is 32.2. The number of thioether (sulfide) groups is 1. The van der Waals surface area contributed by atoms with E-state index in [1.165, 1.54) is 39.6 Å². The summed E-state index contributed by atoms with van der Waals surface area (Å²) in [6.07, 6.45) is 0.275. The molecule has 0 aliphatic carbocycles. The van der Waals surface area contributed by atoms with Gasteiger partial charge in [0, 0.05) is 48.8 Å². The van der Waals surface area contributed by atoms with Crippen LogP contribution < -0.4 is 24.3 Å². The molecule has 2 saturated heterocycles. The highest BCUT2D eigenvalue weighted by Crippen LogP contribution is 2.64. The number of hydrogen-bond acceptors (Lipinski definition) is 13. The van der Waals surface area contributed by atoms with Crippen LogP contribution in [0.5, 0.6) is 28.7 Å². The molecule has 258 valence electrons. The number of fused-ring (bicyclic) bond motifs is 9. The normalized spacial score (nSPS) is 27.9. The van der Waals surface area contributed by atoms with E-state index in [1.807, 2.05) is 17.9 Å². The Morgan fingerprint density at radius 3 is 2.47 bits per heavy atom. The number of nitrogens with one attached hydrogen (secondary N) is 1. The van der Waals surface area contributed by atoms with E-state index in [2.05, 4.69) is 11.4 Å². The van der Waals surface area contributed by atoms with Crippen molar-refractivity contribution >= 4 is 35.5 Å². The van der Waals surface area contributed by atoms with Crippen LogP contribution in [0.2, 0.25) is 0 Å². The average Bonchev–Trinajstić information content (AvgIpc) is 3.53. The molecule has 2 aromatic carbocycles. The van der Waals surface area contributed by atoms with Crippen molar-refractivity contribution in [3.8, 4) is 34.8 Å². The average molecular weight is 693 g/mol. The van der Waals surface area contributed by atoms with E-state index in [9.17, 15) is 29.5 Å². The first-order valence-corrected chi connectivity index (χ1v) is 17.0. The molecule has 2 fully saturated rings. The lowest BCUT2D eigenvalue weighted by atomic mass is 9.71. The number of esters is 2. The topological polar surface area (TPSA) is 177 Å². The first-order chi connectivity index (χ1) is 23.4. The Kier molecular flexibility index (Phi) is 8.06. The number of phenols is 1. The highest BCUT2D eigenvalue weighted by molar-refractivity contribution is 7.99. The van der Waals surface area contributed by atoms with Crippen LogP contribution in [0.3, 0.4) is 0 Å². The minimum atomic E-state index is -1.02. The van der Waals surface area contributed by atoms with Crippen molar-refractivity contribution in [2.75, 3.05) is 26.3 Å². The Hall–Kier alpha value is -4.68. The van der Waals surface area contributed by atoms with Crippen LogP contribution in [-0.4, -0.2) is 89.1 Å². The van der Waals surface area contributed by atoms with Crippen LogP contribution >= 0.6 is 11.8 Å². The van der Waals surface area contributed by atoms with Gasteiger partial charge in [-0.15, -0.1) is 11.8 Å². The molecule has 2 amide bonds. The molecule has 2 unspecified atom stereocenters.